The van der Waals surface area contributed by atoms with Gasteiger partial charge in [-0.1, -0.05) is 18.1 Å². The SMILES string of the molecule is CCCNC(=O)c1noc2c1CCc1ccc(OC)cc1-2. The van der Waals surface area contributed by atoms with Gasteiger partial charge in [0.05, 0.1) is 7.11 Å². The molecule has 0 radical (unpaired) electrons. The first-order valence-electron chi connectivity index (χ1n) is 7.18. The van der Waals surface area contributed by atoms with Crippen LogP contribution in [0, 0.1) is 0 Å². The summed E-state index contributed by atoms with van der Waals surface area (Å²) in [6.07, 6.45) is 2.54. The Morgan fingerprint density at radius 3 is 3.05 bits per heavy atom. The molecule has 0 spiro atoms. The maximum atomic E-state index is 12.1. The predicted molar refractivity (Wildman–Crippen MR) is 78.5 cm³/mol. The predicted octanol–water partition coefficient (Wildman–Crippen LogP) is 2.59. The maximum Gasteiger partial charge on any atom is 0.273 e. The van der Waals surface area contributed by atoms with Gasteiger partial charge in [0.2, 0.25) is 0 Å². The minimum atomic E-state index is -0.159. The summed E-state index contributed by atoms with van der Waals surface area (Å²) in [5.74, 6) is 1.31. The molecule has 3 rings (SSSR count). The van der Waals surface area contributed by atoms with Crippen LogP contribution in [0.1, 0.15) is 35.0 Å². The van der Waals surface area contributed by atoms with E-state index in [0.717, 1.165) is 36.1 Å². The Hall–Kier alpha value is -2.30. The summed E-state index contributed by atoms with van der Waals surface area (Å²) < 4.78 is 10.7. The summed E-state index contributed by atoms with van der Waals surface area (Å²) in [7, 11) is 1.63. The van der Waals surface area contributed by atoms with Crippen LogP contribution in [0.2, 0.25) is 0 Å². The van der Waals surface area contributed by atoms with Crippen molar-refractivity contribution < 1.29 is 14.1 Å². The number of amides is 1. The van der Waals surface area contributed by atoms with Crippen molar-refractivity contribution in [2.75, 3.05) is 13.7 Å². The molecule has 0 aliphatic heterocycles. The van der Waals surface area contributed by atoms with Gasteiger partial charge in [0.15, 0.2) is 11.5 Å². The van der Waals surface area contributed by atoms with Gasteiger partial charge in [0.25, 0.3) is 5.91 Å². The Labute approximate surface area is 123 Å². The number of rotatable bonds is 4. The summed E-state index contributed by atoms with van der Waals surface area (Å²) in [6.45, 7) is 2.66. The molecule has 0 saturated heterocycles. The van der Waals surface area contributed by atoms with E-state index in [0.29, 0.717) is 18.0 Å². The Morgan fingerprint density at radius 2 is 2.29 bits per heavy atom. The number of aromatic nitrogens is 1. The number of nitrogens with zero attached hydrogens (tertiary/aromatic N) is 1. The van der Waals surface area contributed by atoms with E-state index in [9.17, 15) is 4.79 Å². The minimum Gasteiger partial charge on any atom is -0.497 e. The lowest BCUT2D eigenvalue weighted by Gasteiger charge is -2.15. The molecule has 1 N–H and O–H groups in total. The van der Waals surface area contributed by atoms with Crippen LogP contribution in [0.15, 0.2) is 22.7 Å². The molecule has 1 aliphatic carbocycles. The Kier molecular flexibility index (Phi) is 3.64. The van der Waals surface area contributed by atoms with E-state index in [-0.39, 0.29) is 5.91 Å². The topological polar surface area (TPSA) is 64.4 Å². The quantitative estimate of drug-likeness (QED) is 0.938. The van der Waals surface area contributed by atoms with E-state index in [2.05, 4.69) is 10.5 Å². The zero-order valence-corrected chi connectivity index (χ0v) is 12.2. The van der Waals surface area contributed by atoms with Crippen molar-refractivity contribution in [3.8, 4) is 17.1 Å². The van der Waals surface area contributed by atoms with Gasteiger partial charge in [-0.2, -0.15) is 0 Å². The molecule has 110 valence electrons. The van der Waals surface area contributed by atoms with Crippen molar-refractivity contribution in [2.45, 2.75) is 26.2 Å². The van der Waals surface area contributed by atoms with Crippen molar-refractivity contribution in [3.63, 3.8) is 0 Å². The smallest absolute Gasteiger partial charge is 0.273 e. The number of ether oxygens (including phenoxy) is 1. The van der Waals surface area contributed by atoms with Crippen molar-refractivity contribution in [3.05, 3.63) is 35.0 Å². The molecule has 1 heterocycles. The number of methoxy groups -OCH3 is 1. The van der Waals surface area contributed by atoms with E-state index in [1.165, 1.54) is 5.56 Å². The Balaban J connectivity index is 1.99. The summed E-state index contributed by atoms with van der Waals surface area (Å²) in [6, 6.07) is 5.91. The van der Waals surface area contributed by atoms with Gasteiger partial charge < -0.3 is 14.6 Å². The van der Waals surface area contributed by atoms with Crippen LogP contribution in [0.4, 0.5) is 0 Å². The average molecular weight is 286 g/mol. The normalized spacial score (nSPS) is 12.5. The van der Waals surface area contributed by atoms with E-state index in [4.69, 9.17) is 9.26 Å². The van der Waals surface area contributed by atoms with Crippen LogP contribution >= 0.6 is 0 Å². The van der Waals surface area contributed by atoms with Crippen LogP contribution in [-0.4, -0.2) is 24.7 Å². The van der Waals surface area contributed by atoms with Crippen LogP contribution in [0.3, 0.4) is 0 Å². The van der Waals surface area contributed by atoms with Gasteiger partial charge in [-0.3, -0.25) is 4.79 Å². The number of carbonyl (C=O) groups excluding carboxylic acids is 1. The number of carbonyl (C=O) groups is 1. The molecule has 0 unspecified atom stereocenters. The summed E-state index contributed by atoms with van der Waals surface area (Å²) >= 11 is 0. The second-order valence-corrected chi connectivity index (χ2v) is 5.12. The number of hydrogen-bond donors (Lipinski definition) is 1. The summed E-state index contributed by atoms with van der Waals surface area (Å²) in [5.41, 5.74) is 3.47. The van der Waals surface area contributed by atoms with Crippen molar-refractivity contribution in [1.29, 1.82) is 0 Å². The summed E-state index contributed by atoms with van der Waals surface area (Å²) in [4.78, 5) is 12.1. The molecule has 0 bridgehead atoms. The lowest BCUT2D eigenvalue weighted by Crippen LogP contribution is -2.25. The van der Waals surface area contributed by atoms with Gasteiger partial charge in [-0.15, -0.1) is 0 Å². The Bertz CT molecular complexity index is 676. The van der Waals surface area contributed by atoms with Gasteiger partial charge >= 0.3 is 0 Å². The van der Waals surface area contributed by atoms with E-state index in [1.54, 1.807) is 7.11 Å². The van der Waals surface area contributed by atoms with E-state index >= 15 is 0 Å². The van der Waals surface area contributed by atoms with Crippen molar-refractivity contribution in [1.82, 2.24) is 10.5 Å². The van der Waals surface area contributed by atoms with Gasteiger partial charge in [0, 0.05) is 17.7 Å². The van der Waals surface area contributed by atoms with Gasteiger partial charge in [-0.25, -0.2) is 0 Å². The van der Waals surface area contributed by atoms with Gasteiger partial charge in [0.1, 0.15) is 5.75 Å². The van der Waals surface area contributed by atoms with Gasteiger partial charge in [-0.05, 0) is 37.0 Å². The molecule has 5 heteroatoms. The zero-order chi connectivity index (χ0) is 14.8. The van der Waals surface area contributed by atoms with E-state index in [1.807, 2.05) is 25.1 Å². The number of fused-ring (bicyclic) bond motifs is 3. The third kappa shape index (κ3) is 2.39. The third-order valence-electron chi connectivity index (χ3n) is 3.74. The highest BCUT2D eigenvalue weighted by atomic mass is 16.5. The van der Waals surface area contributed by atoms with Crippen LogP contribution in [0.25, 0.3) is 11.3 Å². The highest BCUT2D eigenvalue weighted by Gasteiger charge is 2.27. The molecule has 0 fully saturated rings. The van der Waals surface area contributed by atoms with E-state index < -0.39 is 0 Å². The first-order chi connectivity index (χ1) is 10.2. The molecule has 2 aromatic rings. The molecule has 1 aromatic carbocycles. The number of nitrogens with one attached hydrogen (secondary N) is 1. The molecule has 1 amide bonds. The molecular formula is C16H18N2O3. The minimum absolute atomic E-state index is 0.159. The second-order valence-electron chi connectivity index (χ2n) is 5.12. The fraction of sp³-hybridized carbons (Fsp3) is 0.375. The number of hydrogen-bond acceptors (Lipinski definition) is 4. The molecule has 1 aliphatic rings. The lowest BCUT2D eigenvalue weighted by atomic mass is 9.89. The Morgan fingerprint density at radius 1 is 1.43 bits per heavy atom. The monoisotopic (exact) mass is 286 g/mol. The molecule has 1 aromatic heterocycles. The largest absolute Gasteiger partial charge is 0.497 e. The van der Waals surface area contributed by atoms with Crippen molar-refractivity contribution >= 4 is 5.91 Å². The second kappa shape index (κ2) is 5.60. The van der Waals surface area contributed by atoms with Crippen LogP contribution in [0.5, 0.6) is 5.75 Å². The lowest BCUT2D eigenvalue weighted by molar-refractivity contribution is 0.0944. The fourth-order valence-electron chi connectivity index (χ4n) is 2.63. The highest BCUT2D eigenvalue weighted by molar-refractivity contribution is 5.95. The molecule has 0 saturated carbocycles. The molecule has 0 atom stereocenters. The van der Waals surface area contributed by atoms with Crippen molar-refractivity contribution in [2.24, 2.45) is 0 Å². The first-order valence-corrected chi connectivity index (χ1v) is 7.18. The zero-order valence-electron chi connectivity index (χ0n) is 12.2. The average Bonchev–Trinajstić information content (AvgIpc) is 2.96. The van der Waals surface area contributed by atoms with Crippen LogP contribution in [-0.2, 0) is 12.8 Å². The standard InChI is InChI=1S/C16H18N2O3/c1-3-8-17-16(19)14-12-7-5-10-4-6-11(20-2)9-13(10)15(12)21-18-14/h4,6,9H,3,5,7-8H2,1-2H3,(H,17,19). The highest BCUT2D eigenvalue weighted by Crippen LogP contribution is 2.37. The maximum absolute atomic E-state index is 12.1. The summed E-state index contributed by atoms with van der Waals surface area (Å²) in [5, 5.41) is 6.82. The molecule has 21 heavy (non-hydrogen) atoms. The third-order valence-corrected chi connectivity index (χ3v) is 3.74. The fourth-order valence-corrected chi connectivity index (χ4v) is 2.63. The van der Waals surface area contributed by atoms with Crippen LogP contribution < -0.4 is 10.1 Å². The molecule has 5 nitrogen and oxygen atoms in total. The number of aryl methyl sites for hydroxylation is 1. The number of benzene rings is 1. The first kappa shape index (κ1) is 13.7. The molecular weight excluding hydrogens is 268 g/mol.